The second-order valence-electron chi connectivity index (χ2n) is 6.75. The minimum atomic E-state index is -0.476. The van der Waals surface area contributed by atoms with E-state index in [9.17, 15) is 14.4 Å². The predicted octanol–water partition coefficient (Wildman–Crippen LogP) is 0.937. The number of nitrogens with one attached hydrogen (secondary N) is 3. The Hall–Kier alpha value is -3.20. The molecule has 3 aliphatic rings. The van der Waals surface area contributed by atoms with Gasteiger partial charge in [0.2, 0.25) is 0 Å². The molecule has 2 aromatic rings. The molecule has 9 nitrogen and oxygen atoms in total. The molecule has 1 saturated heterocycles. The highest BCUT2D eigenvalue weighted by molar-refractivity contribution is 5.95. The maximum atomic E-state index is 12.4. The first-order valence-electron chi connectivity index (χ1n) is 8.72. The van der Waals surface area contributed by atoms with Crippen molar-refractivity contribution in [2.45, 2.75) is 31.6 Å². The number of ether oxygens (including phenoxy) is 2. The van der Waals surface area contributed by atoms with E-state index in [0.717, 1.165) is 18.4 Å². The first-order chi connectivity index (χ1) is 13.1. The van der Waals surface area contributed by atoms with Crippen LogP contribution in [-0.2, 0) is 16.1 Å². The summed E-state index contributed by atoms with van der Waals surface area (Å²) < 4.78 is 11.0. The van der Waals surface area contributed by atoms with E-state index in [0.29, 0.717) is 22.7 Å². The molecule has 0 spiro atoms. The molecule has 2 atom stereocenters. The Morgan fingerprint density at radius 2 is 2.11 bits per heavy atom. The maximum absolute atomic E-state index is 12.4. The molecule has 1 aromatic heterocycles. The maximum Gasteiger partial charge on any atom is 0.287 e. The molecule has 1 aromatic carbocycles. The van der Waals surface area contributed by atoms with Gasteiger partial charge in [-0.3, -0.25) is 14.4 Å². The molecule has 3 aliphatic heterocycles. The molecule has 0 radical (unpaired) electrons. The average Bonchev–Trinajstić information content (AvgIpc) is 3.28. The number of hydrogen-bond acceptors (Lipinski definition) is 6. The molecule has 9 heteroatoms. The Morgan fingerprint density at radius 3 is 3.00 bits per heavy atom. The molecule has 2 bridgehead atoms. The van der Waals surface area contributed by atoms with E-state index in [1.165, 1.54) is 0 Å². The number of hydrogen-bond donors (Lipinski definition) is 3. The summed E-state index contributed by atoms with van der Waals surface area (Å²) in [4.78, 5) is 43.0. The van der Waals surface area contributed by atoms with Crippen LogP contribution in [0.1, 0.15) is 52.5 Å². The van der Waals surface area contributed by atoms with Crippen LogP contribution in [0.5, 0.6) is 5.75 Å². The number of carbonyl (C=O) groups excluding carboxylic acids is 2. The highest BCUT2D eigenvalue weighted by Gasteiger charge is 2.42. The third-order valence-electron chi connectivity index (χ3n) is 4.98. The van der Waals surface area contributed by atoms with Gasteiger partial charge in [0.1, 0.15) is 11.9 Å². The van der Waals surface area contributed by atoms with Crippen molar-refractivity contribution in [1.29, 1.82) is 0 Å². The smallest absolute Gasteiger partial charge is 0.287 e. The van der Waals surface area contributed by atoms with Crippen molar-refractivity contribution >= 4 is 17.5 Å². The molecule has 0 saturated carbocycles. The quantitative estimate of drug-likeness (QED) is 0.741. The fourth-order valence-corrected chi connectivity index (χ4v) is 3.72. The molecule has 2 unspecified atom stereocenters. The Bertz CT molecular complexity index is 1030. The number of benzene rings is 1. The fraction of sp³-hybridized carbons (Fsp3) is 0.333. The number of anilines is 1. The van der Waals surface area contributed by atoms with Gasteiger partial charge in [-0.05, 0) is 30.5 Å². The van der Waals surface area contributed by atoms with Crippen molar-refractivity contribution in [1.82, 2.24) is 15.3 Å². The SMILES string of the molecule is O=C1COc2ccc(CNC(=O)c3nc4c(c(=O)[nH]3)C3CCC4O3)cc2N1. The lowest BCUT2D eigenvalue weighted by atomic mass is 9.97. The van der Waals surface area contributed by atoms with Crippen LogP contribution in [0.3, 0.4) is 0 Å². The van der Waals surface area contributed by atoms with Gasteiger partial charge in [0.05, 0.1) is 23.0 Å². The van der Waals surface area contributed by atoms with Crippen LogP contribution in [0.2, 0.25) is 0 Å². The zero-order valence-electron chi connectivity index (χ0n) is 14.2. The van der Waals surface area contributed by atoms with E-state index < -0.39 is 5.91 Å². The summed E-state index contributed by atoms with van der Waals surface area (Å²) in [6.07, 6.45) is 1.24. The summed E-state index contributed by atoms with van der Waals surface area (Å²) in [6.45, 7) is 0.206. The van der Waals surface area contributed by atoms with Gasteiger partial charge in [0.15, 0.2) is 12.4 Å². The van der Waals surface area contributed by atoms with Crippen LogP contribution < -0.4 is 20.9 Å². The van der Waals surface area contributed by atoms with Crippen LogP contribution in [0.15, 0.2) is 23.0 Å². The number of H-pyrrole nitrogens is 1. The highest BCUT2D eigenvalue weighted by atomic mass is 16.5. The summed E-state index contributed by atoms with van der Waals surface area (Å²) in [7, 11) is 0. The van der Waals surface area contributed by atoms with Crippen molar-refractivity contribution in [3.8, 4) is 5.75 Å². The molecular formula is C18H16N4O5. The minimum absolute atomic E-state index is 0.00793. The van der Waals surface area contributed by atoms with Crippen LogP contribution in [0, 0.1) is 0 Å². The van der Waals surface area contributed by atoms with E-state index >= 15 is 0 Å². The van der Waals surface area contributed by atoms with Gasteiger partial charge in [-0.15, -0.1) is 0 Å². The van der Waals surface area contributed by atoms with E-state index in [2.05, 4.69) is 20.6 Å². The number of rotatable bonds is 3. The first-order valence-corrected chi connectivity index (χ1v) is 8.72. The predicted molar refractivity (Wildman–Crippen MR) is 92.4 cm³/mol. The summed E-state index contributed by atoms with van der Waals surface area (Å²) in [5.41, 5.74) is 2.15. The van der Waals surface area contributed by atoms with Gasteiger partial charge < -0.3 is 25.1 Å². The molecule has 2 amide bonds. The molecule has 1 fully saturated rings. The molecule has 3 N–H and O–H groups in total. The molecule has 0 aliphatic carbocycles. The lowest BCUT2D eigenvalue weighted by Gasteiger charge is -2.18. The standard InChI is InChI=1S/C18H16N4O5/c23-13-7-26-10-2-1-8(5-9(10)20-13)6-19-18(25)16-21-15-12-4-3-11(27-12)14(15)17(24)22-16/h1-2,5,11-12H,3-4,6-7H2,(H,19,25)(H,20,23)(H,21,22,24). The number of fused-ring (bicyclic) bond motifs is 6. The Balaban J connectivity index is 1.33. The van der Waals surface area contributed by atoms with Gasteiger partial charge in [-0.2, -0.15) is 0 Å². The van der Waals surface area contributed by atoms with Crippen LogP contribution >= 0.6 is 0 Å². The Morgan fingerprint density at radius 1 is 1.26 bits per heavy atom. The number of amides is 2. The summed E-state index contributed by atoms with van der Waals surface area (Å²) in [6, 6.07) is 5.26. The fourth-order valence-electron chi connectivity index (χ4n) is 3.72. The van der Waals surface area contributed by atoms with Crippen LogP contribution in [0.4, 0.5) is 5.69 Å². The van der Waals surface area contributed by atoms with Gasteiger partial charge in [0, 0.05) is 6.54 Å². The summed E-state index contributed by atoms with van der Waals surface area (Å²) in [5, 5.41) is 5.45. The zero-order valence-corrected chi connectivity index (χ0v) is 14.2. The molecule has 27 heavy (non-hydrogen) atoms. The van der Waals surface area contributed by atoms with E-state index in [1.54, 1.807) is 18.2 Å². The average molecular weight is 368 g/mol. The van der Waals surface area contributed by atoms with Crippen molar-refractivity contribution < 1.29 is 19.1 Å². The second-order valence-corrected chi connectivity index (χ2v) is 6.75. The van der Waals surface area contributed by atoms with Crippen LogP contribution in [0.25, 0.3) is 0 Å². The topological polar surface area (TPSA) is 122 Å². The number of nitrogens with zero attached hydrogens (tertiary/aromatic N) is 1. The lowest BCUT2D eigenvalue weighted by Crippen LogP contribution is -2.30. The minimum Gasteiger partial charge on any atom is -0.482 e. The van der Waals surface area contributed by atoms with Gasteiger partial charge in [-0.1, -0.05) is 6.07 Å². The summed E-state index contributed by atoms with van der Waals surface area (Å²) >= 11 is 0. The van der Waals surface area contributed by atoms with Crippen molar-refractivity contribution in [3.05, 3.63) is 51.2 Å². The van der Waals surface area contributed by atoms with Gasteiger partial charge >= 0.3 is 0 Å². The van der Waals surface area contributed by atoms with Gasteiger partial charge in [0.25, 0.3) is 17.4 Å². The third-order valence-corrected chi connectivity index (χ3v) is 4.98. The third kappa shape index (κ3) is 2.67. The molecule has 138 valence electrons. The summed E-state index contributed by atoms with van der Waals surface area (Å²) in [5.74, 6) is -0.135. The Labute approximate surface area is 153 Å². The number of aromatic nitrogens is 2. The number of aromatic amines is 1. The Kier molecular flexibility index (Phi) is 3.51. The largest absolute Gasteiger partial charge is 0.482 e. The van der Waals surface area contributed by atoms with Crippen molar-refractivity contribution in [3.63, 3.8) is 0 Å². The van der Waals surface area contributed by atoms with E-state index in [-0.39, 0.29) is 42.7 Å². The zero-order chi connectivity index (χ0) is 18.5. The first kappa shape index (κ1) is 16.0. The van der Waals surface area contributed by atoms with Crippen molar-refractivity contribution in [2.75, 3.05) is 11.9 Å². The molecule has 5 rings (SSSR count). The monoisotopic (exact) mass is 368 g/mol. The lowest BCUT2D eigenvalue weighted by molar-refractivity contribution is -0.118. The van der Waals surface area contributed by atoms with E-state index in [4.69, 9.17) is 9.47 Å². The molecule has 4 heterocycles. The molecular weight excluding hydrogens is 352 g/mol. The van der Waals surface area contributed by atoms with Crippen molar-refractivity contribution in [2.24, 2.45) is 0 Å². The highest BCUT2D eigenvalue weighted by Crippen LogP contribution is 2.47. The van der Waals surface area contributed by atoms with Gasteiger partial charge in [-0.25, -0.2) is 4.98 Å². The van der Waals surface area contributed by atoms with Crippen LogP contribution in [-0.4, -0.2) is 28.4 Å². The normalized spacial score (nSPS) is 21.9. The second kappa shape index (κ2) is 5.92. The van der Waals surface area contributed by atoms with E-state index in [1.807, 2.05) is 0 Å². The number of carbonyl (C=O) groups is 2.